The van der Waals surface area contributed by atoms with Crippen molar-refractivity contribution in [3.63, 3.8) is 0 Å². The third-order valence-electron chi connectivity index (χ3n) is 4.49. The van der Waals surface area contributed by atoms with E-state index in [0.717, 1.165) is 37.1 Å². The zero-order valence-electron chi connectivity index (χ0n) is 12.5. The lowest BCUT2D eigenvalue weighted by Crippen LogP contribution is -2.43. The summed E-state index contributed by atoms with van der Waals surface area (Å²) in [6, 6.07) is 6.15. The Balaban J connectivity index is 2.24. The lowest BCUT2D eigenvalue weighted by atomic mass is 9.90. The molecule has 2 rings (SSSR count). The normalized spacial score (nSPS) is 12.2. The van der Waals surface area contributed by atoms with Gasteiger partial charge in [0.15, 0.2) is 0 Å². The lowest BCUT2D eigenvalue weighted by Gasteiger charge is -2.32. The van der Waals surface area contributed by atoms with Gasteiger partial charge >= 0.3 is 0 Å². The summed E-state index contributed by atoms with van der Waals surface area (Å²) in [7, 11) is 0. The summed E-state index contributed by atoms with van der Waals surface area (Å²) in [6.45, 7) is 9.77. The topological polar surface area (TPSA) is 29.3 Å². The molecule has 0 bridgehead atoms. The standard InChI is InChI=1S/C16H25N3/c1-5-16(6-2,7-3)17-12-14-13(4)18-15-10-8-9-11-19(14)15/h8-11,17H,5-7,12H2,1-4H3. The van der Waals surface area contributed by atoms with Crippen molar-refractivity contribution >= 4 is 5.65 Å². The Bertz CT molecular complexity index is 530. The van der Waals surface area contributed by atoms with E-state index in [-0.39, 0.29) is 5.54 Å². The molecule has 2 aromatic heterocycles. The highest BCUT2D eigenvalue weighted by Crippen LogP contribution is 2.21. The molecule has 0 aromatic carbocycles. The van der Waals surface area contributed by atoms with E-state index in [1.54, 1.807) is 0 Å². The summed E-state index contributed by atoms with van der Waals surface area (Å²) < 4.78 is 2.19. The summed E-state index contributed by atoms with van der Waals surface area (Å²) in [4.78, 5) is 4.61. The number of aryl methyl sites for hydroxylation is 1. The van der Waals surface area contributed by atoms with Crippen molar-refractivity contribution in [1.29, 1.82) is 0 Å². The van der Waals surface area contributed by atoms with E-state index in [4.69, 9.17) is 0 Å². The molecule has 0 atom stereocenters. The van der Waals surface area contributed by atoms with Gasteiger partial charge in [-0.1, -0.05) is 26.8 Å². The molecular formula is C16H25N3. The molecule has 0 fully saturated rings. The van der Waals surface area contributed by atoms with Gasteiger partial charge < -0.3 is 9.72 Å². The SMILES string of the molecule is CCC(CC)(CC)NCc1c(C)nc2ccccn12. The van der Waals surface area contributed by atoms with Crippen LogP contribution in [0, 0.1) is 6.92 Å². The van der Waals surface area contributed by atoms with Crippen molar-refractivity contribution in [2.24, 2.45) is 0 Å². The van der Waals surface area contributed by atoms with Crippen LogP contribution in [0.1, 0.15) is 51.4 Å². The molecule has 19 heavy (non-hydrogen) atoms. The largest absolute Gasteiger partial charge is 0.306 e. The second-order valence-corrected chi connectivity index (χ2v) is 5.27. The van der Waals surface area contributed by atoms with Crippen molar-refractivity contribution in [2.45, 2.75) is 59.0 Å². The maximum atomic E-state index is 4.61. The highest BCUT2D eigenvalue weighted by molar-refractivity contribution is 5.42. The van der Waals surface area contributed by atoms with Gasteiger partial charge in [-0.2, -0.15) is 0 Å². The van der Waals surface area contributed by atoms with Gasteiger partial charge in [0.2, 0.25) is 0 Å². The van der Waals surface area contributed by atoms with Crippen molar-refractivity contribution in [3.05, 3.63) is 35.8 Å². The fraction of sp³-hybridized carbons (Fsp3) is 0.562. The molecule has 0 saturated carbocycles. The Morgan fingerprint density at radius 3 is 2.47 bits per heavy atom. The number of imidazole rings is 1. The first kappa shape index (κ1) is 14.1. The Hall–Kier alpha value is -1.35. The number of fused-ring (bicyclic) bond motifs is 1. The molecule has 0 unspecified atom stereocenters. The van der Waals surface area contributed by atoms with Gasteiger partial charge in [-0.05, 0) is 38.3 Å². The summed E-state index contributed by atoms with van der Waals surface area (Å²) in [6.07, 6.45) is 5.58. The van der Waals surface area contributed by atoms with Gasteiger partial charge in [-0.15, -0.1) is 0 Å². The van der Waals surface area contributed by atoms with Crippen molar-refractivity contribution < 1.29 is 0 Å². The van der Waals surface area contributed by atoms with E-state index in [0.29, 0.717) is 0 Å². The van der Waals surface area contributed by atoms with E-state index in [1.807, 2.05) is 6.07 Å². The molecule has 0 radical (unpaired) electrons. The van der Waals surface area contributed by atoms with Crippen LogP contribution in [-0.4, -0.2) is 14.9 Å². The summed E-state index contributed by atoms with van der Waals surface area (Å²) in [5.74, 6) is 0. The second-order valence-electron chi connectivity index (χ2n) is 5.27. The number of pyridine rings is 1. The molecule has 1 N–H and O–H groups in total. The number of nitrogens with zero attached hydrogens (tertiary/aromatic N) is 2. The molecule has 2 aromatic rings. The van der Waals surface area contributed by atoms with Gasteiger partial charge in [0.1, 0.15) is 5.65 Å². The molecule has 0 saturated heterocycles. The average Bonchev–Trinajstić information content (AvgIpc) is 2.77. The number of hydrogen-bond donors (Lipinski definition) is 1. The number of rotatable bonds is 6. The minimum atomic E-state index is 0.255. The summed E-state index contributed by atoms with van der Waals surface area (Å²) in [5.41, 5.74) is 3.68. The summed E-state index contributed by atoms with van der Waals surface area (Å²) in [5, 5.41) is 3.76. The van der Waals surface area contributed by atoms with Crippen LogP contribution >= 0.6 is 0 Å². The Morgan fingerprint density at radius 2 is 1.84 bits per heavy atom. The van der Waals surface area contributed by atoms with E-state index in [9.17, 15) is 0 Å². The molecule has 0 aliphatic rings. The van der Waals surface area contributed by atoms with Gasteiger partial charge in [0.05, 0.1) is 11.4 Å². The zero-order valence-corrected chi connectivity index (χ0v) is 12.5. The van der Waals surface area contributed by atoms with Crippen LogP contribution < -0.4 is 5.32 Å². The van der Waals surface area contributed by atoms with Crippen LogP contribution in [-0.2, 0) is 6.54 Å². The van der Waals surface area contributed by atoms with Crippen LogP contribution in [0.25, 0.3) is 5.65 Å². The Labute approximate surface area is 116 Å². The average molecular weight is 259 g/mol. The first-order chi connectivity index (χ1) is 9.15. The van der Waals surface area contributed by atoms with Crippen LogP contribution in [0.15, 0.2) is 24.4 Å². The lowest BCUT2D eigenvalue weighted by molar-refractivity contribution is 0.286. The van der Waals surface area contributed by atoms with Gasteiger partial charge in [-0.25, -0.2) is 4.98 Å². The molecular weight excluding hydrogens is 234 g/mol. The molecule has 0 spiro atoms. The molecule has 3 heteroatoms. The smallest absolute Gasteiger partial charge is 0.137 e. The Kier molecular flexibility index (Phi) is 4.25. The molecule has 2 heterocycles. The number of hydrogen-bond acceptors (Lipinski definition) is 2. The minimum Gasteiger partial charge on any atom is -0.306 e. The third kappa shape index (κ3) is 2.66. The van der Waals surface area contributed by atoms with Gasteiger partial charge in [-0.3, -0.25) is 0 Å². The van der Waals surface area contributed by atoms with E-state index in [2.05, 4.69) is 60.7 Å². The maximum Gasteiger partial charge on any atom is 0.137 e. The first-order valence-electron chi connectivity index (χ1n) is 7.33. The van der Waals surface area contributed by atoms with Crippen molar-refractivity contribution in [3.8, 4) is 0 Å². The van der Waals surface area contributed by atoms with E-state index >= 15 is 0 Å². The van der Waals surface area contributed by atoms with E-state index in [1.165, 1.54) is 5.69 Å². The van der Waals surface area contributed by atoms with Crippen LogP contribution in [0.3, 0.4) is 0 Å². The highest BCUT2D eigenvalue weighted by atomic mass is 15.1. The number of aromatic nitrogens is 2. The van der Waals surface area contributed by atoms with Gasteiger partial charge in [0, 0.05) is 18.3 Å². The zero-order chi connectivity index (χ0) is 13.9. The van der Waals surface area contributed by atoms with Crippen LogP contribution in [0.4, 0.5) is 0 Å². The first-order valence-corrected chi connectivity index (χ1v) is 7.33. The monoisotopic (exact) mass is 259 g/mol. The van der Waals surface area contributed by atoms with Crippen LogP contribution in [0.2, 0.25) is 0 Å². The molecule has 0 aliphatic heterocycles. The van der Waals surface area contributed by atoms with Gasteiger partial charge in [0.25, 0.3) is 0 Å². The Morgan fingerprint density at radius 1 is 1.16 bits per heavy atom. The quantitative estimate of drug-likeness (QED) is 0.857. The summed E-state index contributed by atoms with van der Waals surface area (Å²) >= 11 is 0. The fourth-order valence-corrected chi connectivity index (χ4v) is 2.77. The molecule has 0 amide bonds. The third-order valence-corrected chi connectivity index (χ3v) is 4.49. The maximum absolute atomic E-state index is 4.61. The molecule has 0 aliphatic carbocycles. The predicted octanol–water partition coefficient (Wildman–Crippen LogP) is 3.70. The fourth-order valence-electron chi connectivity index (χ4n) is 2.77. The highest BCUT2D eigenvalue weighted by Gasteiger charge is 2.23. The van der Waals surface area contributed by atoms with E-state index < -0.39 is 0 Å². The van der Waals surface area contributed by atoms with Crippen molar-refractivity contribution in [1.82, 2.24) is 14.7 Å². The molecule has 104 valence electrons. The predicted molar refractivity (Wildman–Crippen MR) is 80.4 cm³/mol. The second kappa shape index (κ2) is 5.74. The molecule has 3 nitrogen and oxygen atoms in total. The van der Waals surface area contributed by atoms with Crippen LogP contribution in [0.5, 0.6) is 0 Å². The minimum absolute atomic E-state index is 0.255. The van der Waals surface area contributed by atoms with Crippen molar-refractivity contribution in [2.75, 3.05) is 0 Å². The number of nitrogens with one attached hydrogen (secondary N) is 1.